The molecule has 0 aromatic heterocycles. The molecule has 2 aromatic carbocycles. The summed E-state index contributed by atoms with van der Waals surface area (Å²) in [7, 11) is 2.92. The maximum atomic E-state index is 15.0. The SMILES string of the molecule is COC(=O)c1ccc2c(c1)N(Cc1c(Cl)ccc(OCCO)c1F)C(=O)N(C)C2C. The van der Waals surface area contributed by atoms with Crippen LogP contribution in [0.2, 0.25) is 5.02 Å². The van der Waals surface area contributed by atoms with E-state index in [0.29, 0.717) is 5.69 Å². The largest absolute Gasteiger partial charge is 0.488 e. The highest BCUT2D eigenvalue weighted by atomic mass is 35.5. The molecule has 1 atom stereocenters. The van der Waals surface area contributed by atoms with E-state index in [-0.39, 0.29) is 53.7 Å². The van der Waals surface area contributed by atoms with Gasteiger partial charge in [-0.2, -0.15) is 0 Å². The molecule has 1 heterocycles. The Balaban J connectivity index is 2.07. The Morgan fingerprint density at radius 3 is 2.70 bits per heavy atom. The fourth-order valence-corrected chi connectivity index (χ4v) is 3.55. The molecule has 0 fully saturated rings. The van der Waals surface area contributed by atoms with Crippen LogP contribution in [0.3, 0.4) is 0 Å². The molecule has 0 saturated carbocycles. The highest BCUT2D eigenvalue weighted by Gasteiger charge is 2.34. The Kier molecular flexibility index (Phi) is 6.48. The number of carbonyl (C=O) groups is 2. The molecular formula is C21H22ClFN2O5. The van der Waals surface area contributed by atoms with Crippen LogP contribution in [0, 0.1) is 5.82 Å². The summed E-state index contributed by atoms with van der Waals surface area (Å²) in [6.45, 7) is 1.35. The molecule has 3 rings (SSSR count). The lowest BCUT2D eigenvalue weighted by molar-refractivity contribution is 0.0600. The minimum atomic E-state index is -0.712. The summed E-state index contributed by atoms with van der Waals surface area (Å²) in [6.07, 6.45) is 0. The van der Waals surface area contributed by atoms with Gasteiger partial charge >= 0.3 is 12.0 Å². The van der Waals surface area contributed by atoms with Gasteiger partial charge < -0.3 is 19.5 Å². The van der Waals surface area contributed by atoms with Crippen molar-refractivity contribution in [2.24, 2.45) is 0 Å². The van der Waals surface area contributed by atoms with Gasteiger partial charge in [-0.25, -0.2) is 14.0 Å². The van der Waals surface area contributed by atoms with Crippen LogP contribution < -0.4 is 9.64 Å². The van der Waals surface area contributed by atoms with E-state index in [0.717, 1.165) is 5.56 Å². The van der Waals surface area contributed by atoms with Crippen molar-refractivity contribution >= 4 is 29.3 Å². The molecule has 0 spiro atoms. The number of nitrogens with zero attached hydrogens (tertiary/aromatic N) is 2. The van der Waals surface area contributed by atoms with Crippen molar-refractivity contribution in [1.82, 2.24) is 4.90 Å². The van der Waals surface area contributed by atoms with E-state index in [9.17, 15) is 9.59 Å². The molecule has 0 saturated heterocycles. The summed E-state index contributed by atoms with van der Waals surface area (Å²) in [4.78, 5) is 27.9. The van der Waals surface area contributed by atoms with Gasteiger partial charge in [0, 0.05) is 17.6 Å². The first-order valence-corrected chi connectivity index (χ1v) is 9.65. The van der Waals surface area contributed by atoms with E-state index in [1.165, 1.54) is 29.0 Å². The smallest absolute Gasteiger partial charge is 0.337 e. The number of rotatable bonds is 6. The average molecular weight is 437 g/mol. The molecule has 2 amide bonds. The summed E-state index contributed by atoms with van der Waals surface area (Å²) in [5.41, 5.74) is 1.62. The number of benzene rings is 2. The van der Waals surface area contributed by atoms with E-state index < -0.39 is 11.8 Å². The van der Waals surface area contributed by atoms with Crippen molar-refractivity contribution in [3.05, 3.63) is 57.9 Å². The molecule has 0 radical (unpaired) electrons. The molecule has 0 bridgehead atoms. The van der Waals surface area contributed by atoms with E-state index in [4.69, 9.17) is 26.2 Å². The second-order valence-electron chi connectivity index (χ2n) is 6.83. The van der Waals surface area contributed by atoms with Crippen molar-refractivity contribution in [1.29, 1.82) is 0 Å². The van der Waals surface area contributed by atoms with Gasteiger partial charge in [0.2, 0.25) is 0 Å². The van der Waals surface area contributed by atoms with Crippen LogP contribution in [-0.4, -0.2) is 49.4 Å². The number of halogens is 2. The zero-order valence-electron chi connectivity index (χ0n) is 16.8. The molecule has 160 valence electrons. The lowest BCUT2D eigenvalue weighted by Crippen LogP contribution is -2.46. The number of esters is 1. The fraction of sp³-hybridized carbons (Fsp3) is 0.333. The summed E-state index contributed by atoms with van der Waals surface area (Å²) in [6, 6.07) is 7.16. The number of urea groups is 1. The normalized spacial score (nSPS) is 15.8. The Labute approximate surface area is 178 Å². The first-order chi connectivity index (χ1) is 14.3. The molecular weight excluding hydrogens is 415 g/mol. The summed E-state index contributed by atoms with van der Waals surface area (Å²) in [5.74, 6) is -1.32. The van der Waals surface area contributed by atoms with E-state index in [1.807, 2.05) is 6.92 Å². The minimum absolute atomic E-state index is 0.0674. The van der Waals surface area contributed by atoms with E-state index in [1.54, 1.807) is 25.2 Å². The topological polar surface area (TPSA) is 79.3 Å². The second kappa shape index (κ2) is 8.89. The maximum Gasteiger partial charge on any atom is 0.337 e. The van der Waals surface area contributed by atoms with Crippen LogP contribution >= 0.6 is 11.6 Å². The Morgan fingerprint density at radius 1 is 1.30 bits per heavy atom. The quantitative estimate of drug-likeness (QED) is 0.697. The van der Waals surface area contributed by atoms with Crippen molar-refractivity contribution < 1.29 is 28.6 Å². The van der Waals surface area contributed by atoms with Gasteiger partial charge in [0.05, 0.1) is 37.6 Å². The van der Waals surface area contributed by atoms with Crippen LogP contribution in [0.5, 0.6) is 5.75 Å². The van der Waals surface area contributed by atoms with Gasteiger partial charge in [0.15, 0.2) is 11.6 Å². The van der Waals surface area contributed by atoms with Crippen LogP contribution in [0.15, 0.2) is 30.3 Å². The van der Waals surface area contributed by atoms with Gasteiger partial charge in [-0.15, -0.1) is 0 Å². The van der Waals surface area contributed by atoms with E-state index >= 15 is 4.39 Å². The number of hydrogen-bond donors (Lipinski definition) is 1. The molecule has 2 aromatic rings. The number of methoxy groups -OCH3 is 1. The first kappa shape index (κ1) is 21.9. The number of ether oxygens (including phenoxy) is 2. The lowest BCUT2D eigenvalue weighted by Gasteiger charge is -2.39. The third-order valence-corrected chi connectivity index (χ3v) is 5.48. The average Bonchev–Trinajstić information content (AvgIpc) is 2.75. The van der Waals surface area contributed by atoms with Gasteiger partial charge in [0.1, 0.15) is 6.61 Å². The Morgan fingerprint density at radius 2 is 2.03 bits per heavy atom. The van der Waals surface area contributed by atoms with E-state index in [2.05, 4.69) is 0 Å². The third kappa shape index (κ3) is 3.93. The molecule has 1 aliphatic heterocycles. The van der Waals surface area contributed by atoms with Crippen molar-refractivity contribution in [2.75, 3.05) is 32.3 Å². The molecule has 0 aliphatic carbocycles. The monoisotopic (exact) mass is 436 g/mol. The molecule has 1 N–H and O–H groups in total. The first-order valence-electron chi connectivity index (χ1n) is 9.27. The highest BCUT2D eigenvalue weighted by molar-refractivity contribution is 6.31. The zero-order chi connectivity index (χ0) is 22.0. The number of carbonyl (C=O) groups excluding carboxylic acids is 2. The maximum absolute atomic E-state index is 15.0. The second-order valence-corrected chi connectivity index (χ2v) is 7.24. The molecule has 30 heavy (non-hydrogen) atoms. The standard InChI is InChI=1S/C21H22ClFN2O5/c1-12-14-5-4-13(20(27)29-3)10-17(14)25(21(28)24(12)2)11-15-16(22)6-7-18(19(15)23)30-9-8-26/h4-7,10,12,26H,8-9,11H2,1-3H3. The summed E-state index contributed by atoms with van der Waals surface area (Å²) >= 11 is 6.23. The Bertz CT molecular complexity index is 984. The van der Waals surface area contributed by atoms with Crippen LogP contribution in [0.25, 0.3) is 0 Å². The van der Waals surface area contributed by atoms with Gasteiger partial charge in [-0.1, -0.05) is 17.7 Å². The number of fused-ring (bicyclic) bond motifs is 1. The van der Waals surface area contributed by atoms with Crippen LogP contribution in [-0.2, 0) is 11.3 Å². The minimum Gasteiger partial charge on any atom is -0.488 e. The van der Waals surface area contributed by atoms with Crippen molar-refractivity contribution in [3.63, 3.8) is 0 Å². The number of anilines is 1. The summed E-state index contributed by atoms with van der Waals surface area (Å²) in [5, 5.41) is 9.05. The predicted octanol–water partition coefficient (Wildman–Crippen LogP) is 3.77. The molecule has 9 heteroatoms. The lowest BCUT2D eigenvalue weighted by atomic mass is 9.98. The fourth-order valence-electron chi connectivity index (χ4n) is 3.34. The number of aliphatic hydroxyl groups excluding tert-OH is 1. The van der Waals surface area contributed by atoms with Gasteiger partial charge in [-0.05, 0) is 36.8 Å². The zero-order valence-corrected chi connectivity index (χ0v) is 17.6. The molecule has 7 nitrogen and oxygen atoms in total. The Hall–Kier alpha value is -2.84. The molecule has 1 unspecified atom stereocenters. The highest BCUT2D eigenvalue weighted by Crippen LogP contribution is 2.39. The number of aliphatic hydroxyl groups is 1. The molecule has 1 aliphatic rings. The number of hydrogen-bond acceptors (Lipinski definition) is 5. The predicted molar refractivity (Wildman–Crippen MR) is 110 cm³/mol. The van der Waals surface area contributed by atoms with Crippen LogP contribution in [0.1, 0.15) is 34.5 Å². The van der Waals surface area contributed by atoms with Crippen LogP contribution in [0.4, 0.5) is 14.9 Å². The van der Waals surface area contributed by atoms with Gasteiger partial charge in [0.25, 0.3) is 0 Å². The van der Waals surface area contributed by atoms with Gasteiger partial charge in [-0.3, -0.25) is 4.90 Å². The third-order valence-electron chi connectivity index (χ3n) is 5.12. The summed E-state index contributed by atoms with van der Waals surface area (Å²) < 4.78 is 25.0. The van der Waals surface area contributed by atoms with Crippen molar-refractivity contribution in [3.8, 4) is 5.75 Å². The number of amides is 2. The van der Waals surface area contributed by atoms with Crippen molar-refractivity contribution in [2.45, 2.75) is 19.5 Å².